The fourth-order valence-electron chi connectivity index (χ4n) is 2.05. The number of esters is 1. The van der Waals surface area contributed by atoms with Crippen LogP contribution < -0.4 is 11.1 Å². The number of nitrogens with two attached hydrogens (primary N) is 1. The van der Waals surface area contributed by atoms with E-state index in [1.165, 1.54) is 0 Å². The van der Waals surface area contributed by atoms with Gasteiger partial charge in [-0.2, -0.15) is 0 Å². The lowest BCUT2D eigenvalue weighted by Gasteiger charge is -2.15. The Morgan fingerprint density at radius 3 is 2.55 bits per heavy atom. The molecule has 1 rings (SSSR count). The molecule has 0 saturated carbocycles. The highest BCUT2D eigenvalue weighted by atomic mass is 16.5. The minimum absolute atomic E-state index is 0.197. The molecule has 0 radical (unpaired) electrons. The van der Waals surface area contributed by atoms with Gasteiger partial charge in [-0.25, -0.2) is 0 Å². The van der Waals surface area contributed by atoms with Crippen molar-refractivity contribution in [1.29, 1.82) is 0 Å². The van der Waals surface area contributed by atoms with Crippen molar-refractivity contribution < 1.29 is 19.4 Å². The first-order valence-corrected chi connectivity index (χ1v) is 7.47. The van der Waals surface area contributed by atoms with Crippen LogP contribution in [-0.2, 0) is 20.9 Å². The smallest absolute Gasteiger partial charge is 0.323 e. The van der Waals surface area contributed by atoms with E-state index in [1.807, 2.05) is 37.3 Å². The summed E-state index contributed by atoms with van der Waals surface area (Å²) in [6.07, 6.45) is 1.39. The Labute approximate surface area is 130 Å². The molecule has 0 saturated heterocycles. The van der Waals surface area contributed by atoms with E-state index in [2.05, 4.69) is 5.32 Å². The lowest BCUT2D eigenvalue weighted by molar-refractivity contribution is -0.146. The highest BCUT2D eigenvalue weighted by molar-refractivity contribution is 5.75. The standard InChI is InChI=1S/C16H24N2O4/c1-2-18-14(15(19)20)10-6-9-13(17)16(21)22-11-12-7-4-3-5-8-12/h3-5,7-8,13-14,18H,2,6,9-11,17H2,1H3,(H,19,20)/t13?,14-/m0/s1. The van der Waals surface area contributed by atoms with Crippen LogP contribution in [0, 0.1) is 0 Å². The first-order valence-electron chi connectivity index (χ1n) is 7.47. The largest absolute Gasteiger partial charge is 0.480 e. The number of ether oxygens (including phenoxy) is 1. The summed E-state index contributed by atoms with van der Waals surface area (Å²) < 4.78 is 5.15. The molecule has 1 aromatic rings. The van der Waals surface area contributed by atoms with Gasteiger partial charge in [-0.15, -0.1) is 0 Å². The van der Waals surface area contributed by atoms with Crippen LogP contribution in [0.3, 0.4) is 0 Å². The molecular formula is C16H24N2O4. The number of aliphatic carboxylic acids is 1. The molecule has 0 spiro atoms. The molecule has 0 bridgehead atoms. The van der Waals surface area contributed by atoms with E-state index < -0.39 is 24.0 Å². The lowest BCUT2D eigenvalue weighted by atomic mass is 10.1. The van der Waals surface area contributed by atoms with Gasteiger partial charge in [0, 0.05) is 0 Å². The van der Waals surface area contributed by atoms with Crippen LogP contribution in [0.5, 0.6) is 0 Å². The maximum atomic E-state index is 11.8. The molecule has 0 amide bonds. The van der Waals surface area contributed by atoms with E-state index in [9.17, 15) is 9.59 Å². The summed E-state index contributed by atoms with van der Waals surface area (Å²) in [5.74, 6) is -1.35. The summed E-state index contributed by atoms with van der Waals surface area (Å²) in [5, 5.41) is 11.9. The molecule has 1 aromatic carbocycles. The Kier molecular flexibility index (Phi) is 8.17. The summed E-state index contributed by atoms with van der Waals surface area (Å²) in [6, 6.07) is 8.04. The van der Waals surface area contributed by atoms with Gasteiger partial charge in [-0.05, 0) is 31.4 Å². The molecule has 4 N–H and O–H groups in total. The van der Waals surface area contributed by atoms with Crippen LogP contribution in [0.15, 0.2) is 30.3 Å². The van der Waals surface area contributed by atoms with Crippen molar-refractivity contribution in [3.8, 4) is 0 Å². The minimum Gasteiger partial charge on any atom is -0.480 e. The maximum Gasteiger partial charge on any atom is 0.323 e. The number of carboxylic acid groups (broad SMARTS) is 1. The third kappa shape index (κ3) is 6.69. The Morgan fingerprint density at radius 1 is 1.27 bits per heavy atom. The predicted octanol–water partition coefficient (Wildman–Crippen LogP) is 1.29. The number of carbonyl (C=O) groups is 2. The average molecular weight is 308 g/mol. The molecule has 0 fully saturated rings. The normalized spacial score (nSPS) is 13.4. The summed E-state index contributed by atoms with van der Waals surface area (Å²) in [7, 11) is 0. The number of hydrogen-bond acceptors (Lipinski definition) is 5. The van der Waals surface area contributed by atoms with E-state index in [-0.39, 0.29) is 6.61 Å². The number of carboxylic acids is 1. The number of rotatable bonds is 10. The number of benzene rings is 1. The monoisotopic (exact) mass is 308 g/mol. The fraction of sp³-hybridized carbons (Fsp3) is 0.500. The van der Waals surface area contributed by atoms with Crippen molar-refractivity contribution in [1.82, 2.24) is 5.32 Å². The van der Waals surface area contributed by atoms with E-state index in [1.54, 1.807) is 0 Å². The van der Waals surface area contributed by atoms with Crippen molar-refractivity contribution in [2.75, 3.05) is 6.54 Å². The molecule has 2 atom stereocenters. The van der Waals surface area contributed by atoms with Crippen molar-refractivity contribution in [3.05, 3.63) is 35.9 Å². The molecule has 6 heteroatoms. The Hall–Kier alpha value is -1.92. The highest BCUT2D eigenvalue weighted by Gasteiger charge is 2.19. The summed E-state index contributed by atoms with van der Waals surface area (Å²) >= 11 is 0. The number of carbonyl (C=O) groups excluding carboxylic acids is 1. The SMILES string of the molecule is CCN[C@@H](CCCC(N)C(=O)OCc1ccccc1)C(=O)O. The topological polar surface area (TPSA) is 102 Å². The minimum atomic E-state index is -0.887. The van der Waals surface area contributed by atoms with E-state index in [4.69, 9.17) is 15.6 Å². The maximum absolute atomic E-state index is 11.8. The highest BCUT2D eigenvalue weighted by Crippen LogP contribution is 2.07. The first kappa shape index (κ1) is 18.1. The Bertz CT molecular complexity index is 464. The molecule has 0 aliphatic heterocycles. The second-order valence-corrected chi connectivity index (χ2v) is 5.08. The number of hydrogen-bond donors (Lipinski definition) is 3. The van der Waals surface area contributed by atoms with Crippen LogP contribution in [0.4, 0.5) is 0 Å². The number of likely N-dealkylation sites (N-methyl/N-ethyl adjacent to an activating group) is 1. The molecule has 22 heavy (non-hydrogen) atoms. The van der Waals surface area contributed by atoms with Gasteiger partial charge in [0.15, 0.2) is 0 Å². The molecule has 6 nitrogen and oxygen atoms in total. The molecule has 0 heterocycles. The molecule has 1 unspecified atom stereocenters. The fourth-order valence-corrected chi connectivity index (χ4v) is 2.05. The first-order chi connectivity index (χ1) is 10.5. The second kappa shape index (κ2) is 9.92. The summed E-state index contributed by atoms with van der Waals surface area (Å²) in [6.45, 7) is 2.63. The molecule has 122 valence electrons. The van der Waals surface area contributed by atoms with Crippen molar-refractivity contribution >= 4 is 11.9 Å². The second-order valence-electron chi connectivity index (χ2n) is 5.08. The van der Waals surface area contributed by atoms with Crippen LogP contribution in [0.1, 0.15) is 31.7 Å². The van der Waals surface area contributed by atoms with Gasteiger partial charge in [0.25, 0.3) is 0 Å². The molecule has 0 aliphatic rings. The third-order valence-electron chi connectivity index (χ3n) is 3.28. The van der Waals surface area contributed by atoms with Gasteiger partial charge < -0.3 is 20.9 Å². The van der Waals surface area contributed by atoms with Crippen molar-refractivity contribution in [3.63, 3.8) is 0 Å². The van der Waals surface area contributed by atoms with Gasteiger partial charge in [-0.1, -0.05) is 37.3 Å². The van der Waals surface area contributed by atoms with Gasteiger partial charge in [-0.3, -0.25) is 9.59 Å². The van der Waals surface area contributed by atoms with Gasteiger partial charge in [0.2, 0.25) is 0 Å². The van der Waals surface area contributed by atoms with E-state index in [0.717, 1.165) is 5.56 Å². The molecular weight excluding hydrogens is 284 g/mol. The van der Waals surface area contributed by atoms with Crippen LogP contribution in [0.25, 0.3) is 0 Å². The number of nitrogens with one attached hydrogen (secondary N) is 1. The van der Waals surface area contributed by atoms with E-state index in [0.29, 0.717) is 25.8 Å². The zero-order valence-corrected chi connectivity index (χ0v) is 12.8. The van der Waals surface area contributed by atoms with Crippen molar-refractivity contribution in [2.24, 2.45) is 5.73 Å². The zero-order chi connectivity index (χ0) is 16.4. The molecule has 0 aromatic heterocycles. The predicted molar refractivity (Wildman–Crippen MR) is 83.2 cm³/mol. The van der Waals surface area contributed by atoms with Crippen LogP contribution in [-0.4, -0.2) is 35.7 Å². The van der Waals surface area contributed by atoms with Gasteiger partial charge >= 0.3 is 11.9 Å². The Morgan fingerprint density at radius 2 is 1.95 bits per heavy atom. The average Bonchev–Trinajstić information content (AvgIpc) is 2.52. The quantitative estimate of drug-likeness (QED) is 0.563. The summed E-state index contributed by atoms with van der Waals surface area (Å²) in [5.41, 5.74) is 6.68. The van der Waals surface area contributed by atoms with E-state index >= 15 is 0 Å². The lowest BCUT2D eigenvalue weighted by Crippen LogP contribution is -2.37. The third-order valence-corrected chi connectivity index (χ3v) is 3.28. The molecule has 0 aliphatic carbocycles. The summed E-state index contributed by atoms with van der Waals surface area (Å²) in [4.78, 5) is 22.7. The Balaban J connectivity index is 2.27. The van der Waals surface area contributed by atoms with Gasteiger partial charge in [0.05, 0.1) is 0 Å². The van der Waals surface area contributed by atoms with Crippen LogP contribution >= 0.6 is 0 Å². The van der Waals surface area contributed by atoms with Crippen LogP contribution in [0.2, 0.25) is 0 Å². The zero-order valence-electron chi connectivity index (χ0n) is 12.8. The van der Waals surface area contributed by atoms with Crippen molar-refractivity contribution in [2.45, 2.75) is 44.9 Å². The van der Waals surface area contributed by atoms with Gasteiger partial charge in [0.1, 0.15) is 18.7 Å².